The van der Waals surface area contributed by atoms with Gasteiger partial charge in [0.1, 0.15) is 5.75 Å². The van der Waals surface area contributed by atoms with Crippen LogP contribution in [-0.4, -0.2) is 35.9 Å². The van der Waals surface area contributed by atoms with Gasteiger partial charge in [0.15, 0.2) is 0 Å². The van der Waals surface area contributed by atoms with Gasteiger partial charge in [-0.2, -0.15) is 5.10 Å². The van der Waals surface area contributed by atoms with Crippen LogP contribution in [0.1, 0.15) is 18.5 Å². The summed E-state index contributed by atoms with van der Waals surface area (Å²) in [5.41, 5.74) is 1.78. The Kier molecular flexibility index (Phi) is 4.92. The lowest BCUT2D eigenvalue weighted by Crippen LogP contribution is -2.34. The highest BCUT2D eigenvalue weighted by Crippen LogP contribution is 2.27. The molecule has 0 spiro atoms. The van der Waals surface area contributed by atoms with Crippen LogP contribution in [0.4, 0.5) is 0 Å². The van der Waals surface area contributed by atoms with Crippen molar-refractivity contribution in [1.29, 1.82) is 0 Å². The predicted octanol–water partition coefficient (Wildman–Crippen LogP) is 1.50. The van der Waals surface area contributed by atoms with Gasteiger partial charge < -0.3 is 15.4 Å². The van der Waals surface area contributed by atoms with E-state index in [1.807, 2.05) is 36.5 Å². The number of hydrogen-bond donors (Lipinski definition) is 2. The lowest BCUT2D eigenvalue weighted by Gasteiger charge is -2.05. The third-order valence-electron chi connectivity index (χ3n) is 3.86. The Balaban J connectivity index is 1.47. The SMILES string of the molecule is COc1ccc(-n2ccc(CNC(=O)CNCC3CC3)n2)cc1. The predicted molar refractivity (Wildman–Crippen MR) is 87.6 cm³/mol. The van der Waals surface area contributed by atoms with E-state index in [1.165, 1.54) is 12.8 Å². The molecule has 0 radical (unpaired) electrons. The van der Waals surface area contributed by atoms with Crippen LogP contribution < -0.4 is 15.4 Å². The molecule has 6 heteroatoms. The number of carbonyl (C=O) groups excluding carboxylic acids is 1. The molecule has 0 unspecified atom stereocenters. The molecule has 1 amide bonds. The molecule has 1 heterocycles. The zero-order valence-electron chi connectivity index (χ0n) is 13.3. The lowest BCUT2D eigenvalue weighted by atomic mass is 10.3. The van der Waals surface area contributed by atoms with Gasteiger partial charge in [0.05, 0.1) is 31.6 Å². The van der Waals surface area contributed by atoms with Crippen molar-refractivity contribution in [3.05, 3.63) is 42.2 Å². The maximum atomic E-state index is 11.7. The molecule has 0 saturated heterocycles. The highest BCUT2D eigenvalue weighted by Gasteiger charge is 2.20. The largest absolute Gasteiger partial charge is 0.497 e. The van der Waals surface area contributed by atoms with Gasteiger partial charge in [-0.3, -0.25) is 4.79 Å². The summed E-state index contributed by atoms with van der Waals surface area (Å²) in [5.74, 6) is 1.60. The van der Waals surface area contributed by atoms with E-state index in [4.69, 9.17) is 4.74 Å². The van der Waals surface area contributed by atoms with Gasteiger partial charge in [-0.25, -0.2) is 4.68 Å². The molecule has 23 heavy (non-hydrogen) atoms. The van der Waals surface area contributed by atoms with Gasteiger partial charge in [0, 0.05) is 6.20 Å². The van der Waals surface area contributed by atoms with Crippen LogP contribution >= 0.6 is 0 Å². The minimum atomic E-state index is 0.00430. The molecule has 0 atom stereocenters. The Morgan fingerprint density at radius 1 is 1.30 bits per heavy atom. The normalized spacial score (nSPS) is 13.8. The van der Waals surface area contributed by atoms with Gasteiger partial charge in [-0.15, -0.1) is 0 Å². The zero-order chi connectivity index (χ0) is 16.1. The van der Waals surface area contributed by atoms with Gasteiger partial charge in [-0.1, -0.05) is 0 Å². The first kappa shape index (κ1) is 15.6. The lowest BCUT2D eigenvalue weighted by molar-refractivity contribution is -0.120. The van der Waals surface area contributed by atoms with Crippen LogP contribution in [0.25, 0.3) is 5.69 Å². The number of rotatable bonds is 8. The van der Waals surface area contributed by atoms with Crippen molar-refractivity contribution in [3.8, 4) is 11.4 Å². The van der Waals surface area contributed by atoms with Crippen molar-refractivity contribution in [1.82, 2.24) is 20.4 Å². The molecule has 1 fully saturated rings. The summed E-state index contributed by atoms with van der Waals surface area (Å²) in [4.78, 5) is 11.7. The summed E-state index contributed by atoms with van der Waals surface area (Å²) in [7, 11) is 1.64. The van der Waals surface area contributed by atoms with E-state index >= 15 is 0 Å². The second-order valence-corrected chi connectivity index (χ2v) is 5.80. The van der Waals surface area contributed by atoms with Gasteiger partial charge in [0.25, 0.3) is 0 Å². The van der Waals surface area contributed by atoms with E-state index in [-0.39, 0.29) is 5.91 Å². The van der Waals surface area contributed by atoms with Crippen molar-refractivity contribution >= 4 is 5.91 Å². The Bertz CT molecular complexity index is 647. The molecule has 1 aliphatic rings. The number of benzene rings is 1. The van der Waals surface area contributed by atoms with Crippen LogP contribution in [0.5, 0.6) is 5.75 Å². The fourth-order valence-electron chi connectivity index (χ4n) is 2.30. The number of carbonyl (C=O) groups is 1. The Labute approximate surface area is 135 Å². The fourth-order valence-corrected chi connectivity index (χ4v) is 2.30. The number of ether oxygens (including phenoxy) is 1. The minimum absolute atomic E-state index is 0.00430. The standard InChI is InChI=1S/C17H22N4O2/c1-23-16-6-4-15(5-7-16)21-9-8-14(20-21)11-19-17(22)12-18-10-13-2-3-13/h4-9,13,18H,2-3,10-12H2,1H3,(H,19,22). The Morgan fingerprint density at radius 2 is 2.09 bits per heavy atom. The van der Waals surface area contributed by atoms with Gasteiger partial charge in [0.2, 0.25) is 5.91 Å². The van der Waals surface area contributed by atoms with E-state index in [2.05, 4.69) is 15.7 Å². The molecule has 0 bridgehead atoms. The molecule has 3 rings (SSSR count). The van der Waals surface area contributed by atoms with E-state index in [0.717, 1.165) is 29.6 Å². The topological polar surface area (TPSA) is 68.2 Å². The first-order valence-corrected chi connectivity index (χ1v) is 7.91. The van der Waals surface area contributed by atoms with Crippen molar-refractivity contribution in [2.75, 3.05) is 20.2 Å². The second kappa shape index (κ2) is 7.28. The van der Waals surface area contributed by atoms with Gasteiger partial charge >= 0.3 is 0 Å². The number of nitrogens with zero attached hydrogens (tertiary/aromatic N) is 2. The number of methoxy groups -OCH3 is 1. The van der Waals surface area contributed by atoms with Crippen LogP contribution in [0.15, 0.2) is 36.5 Å². The van der Waals surface area contributed by atoms with E-state index in [1.54, 1.807) is 11.8 Å². The van der Waals surface area contributed by atoms with E-state index in [9.17, 15) is 4.79 Å². The smallest absolute Gasteiger partial charge is 0.234 e. The molecule has 122 valence electrons. The molecule has 0 aliphatic heterocycles. The number of hydrogen-bond acceptors (Lipinski definition) is 4. The maximum Gasteiger partial charge on any atom is 0.234 e. The number of amides is 1. The van der Waals surface area contributed by atoms with Crippen LogP contribution in [0.2, 0.25) is 0 Å². The van der Waals surface area contributed by atoms with E-state index < -0.39 is 0 Å². The zero-order valence-corrected chi connectivity index (χ0v) is 13.3. The summed E-state index contributed by atoms with van der Waals surface area (Å²) >= 11 is 0. The molecule has 2 aromatic rings. The molecule has 1 aromatic carbocycles. The number of aromatic nitrogens is 2. The third-order valence-corrected chi connectivity index (χ3v) is 3.86. The average Bonchev–Trinajstić information content (AvgIpc) is 3.28. The first-order chi connectivity index (χ1) is 11.2. The second-order valence-electron chi connectivity index (χ2n) is 5.80. The summed E-state index contributed by atoms with van der Waals surface area (Å²) in [5, 5.41) is 10.5. The molecular formula is C17H22N4O2. The van der Waals surface area contributed by atoms with Gasteiger partial charge in [-0.05, 0) is 55.6 Å². The van der Waals surface area contributed by atoms with Crippen molar-refractivity contribution < 1.29 is 9.53 Å². The molecule has 1 aromatic heterocycles. The van der Waals surface area contributed by atoms with Crippen molar-refractivity contribution in [3.63, 3.8) is 0 Å². The summed E-state index contributed by atoms with van der Waals surface area (Å²) in [6.07, 6.45) is 4.46. The van der Waals surface area contributed by atoms with Crippen LogP contribution in [-0.2, 0) is 11.3 Å². The molecule has 1 aliphatic carbocycles. The Hall–Kier alpha value is -2.34. The molecule has 6 nitrogen and oxygen atoms in total. The first-order valence-electron chi connectivity index (χ1n) is 7.91. The summed E-state index contributed by atoms with van der Waals surface area (Å²) < 4.78 is 6.93. The summed E-state index contributed by atoms with van der Waals surface area (Å²) in [6.45, 7) is 1.75. The van der Waals surface area contributed by atoms with Crippen molar-refractivity contribution in [2.45, 2.75) is 19.4 Å². The average molecular weight is 314 g/mol. The summed E-state index contributed by atoms with van der Waals surface area (Å²) in [6, 6.07) is 9.57. The molecule has 1 saturated carbocycles. The van der Waals surface area contributed by atoms with Crippen LogP contribution in [0, 0.1) is 5.92 Å². The third kappa shape index (κ3) is 4.56. The van der Waals surface area contributed by atoms with E-state index in [0.29, 0.717) is 13.1 Å². The fraction of sp³-hybridized carbons (Fsp3) is 0.412. The highest BCUT2D eigenvalue weighted by atomic mass is 16.5. The van der Waals surface area contributed by atoms with Crippen LogP contribution in [0.3, 0.4) is 0 Å². The molecular weight excluding hydrogens is 292 g/mol. The molecule has 2 N–H and O–H groups in total. The number of nitrogens with one attached hydrogen (secondary N) is 2. The quantitative estimate of drug-likeness (QED) is 0.775. The Morgan fingerprint density at radius 3 is 2.78 bits per heavy atom. The highest BCUT2D eigenvalue weighted by molar-refractivity contribution is 5.77. The monoisotopic (exact) mass is 314 g/mol. The maximum absolute atomic E-state index is 11.7. The van der Waals surface area contributed by atoms with Crippen molar-refractivity contribution in [2.24, 2.45) is 5.92 Å². The minimum Gasteiger partial charge on any atom is -0.497 e.